The Bertz CT molecular complexity index is 1230. The van der Waals surface area contributed by atoms with E-state index in [0.29, 0.717) is 0 Å². The van der Waals surface area contributed by atoms with E-state index in [1.807, 2.05) is 0 Å². The highest BCUT2D eigenvalue weighted by molar-refractivity contribution is 6.10. The van der Waals surface area contributed by atoms with Crippen LogP contribution >= 0.6 is 0 Å². The molecule has 0 spiro atoms. The van der Waals surface area contributed by atoms with E-state index in [1.54, 1.807) is 18.2 Å². The van der Waals surface area contributed by atoms with E-state index in [2.05, 4.69) is 5.32 Å². The Kier molecular flexibility index (Phi) is 4.41. The van der Waals surface area contributed by atoms with Gasteiger partial charge in [-0.05, 0) is 31.9 Å². The first-order chi connectivity index (χ1) is 13.8. The molecule has 2 N–H and O–H groups in total. The van der Waals surface area contributed by atoms with E-state index in [4.69, 9.17) is 0 Å². The number of amides is 1. The van der Waals surface area contributed by atoms with E-state index in [1.165, 1.54) is 23.6 Å². The lowest BCUT2D eigenvalue weighted by Gasteiger charge is -2.18. The van der Waals surface area contributed by atoms with Gasteiger partial charge in [-0.15, -0.1) is 0 Å². The summed E-state index contributed by atoms with van der Waals surface area (Å²) in [5.41, 5.74) is -2.04. The molecule has 1 saturated carbocycles. The fourth-order valence-corrected chi connectivity index (χ4v) is 3.42. The molecule has 0 atom stereocenters. The molecule has 3 aromatic rings. The lowest BCUT2D eigenvalue weighted by atomic mass is 10.0. The lowest BCUT2D eigenvalue weighted by Crippen LogP contribution is -2.23. The van der Waals surface area contributed by atoms with Gasteiger partial charge in [0, 0.05) is 23.4 Å². The molecule has 1 aliphatic rings. The quantitative estimate of drug-likeness (QED) is 0.698. The Hall–Kier alpha value is -3.55. The number of benzene rings is 2. The van der Waals surface area contributed by atoms with Gasteiger partial charge in [-0.25, -0.2) is 13.6 Å². The van der Waals surface area contributed by atoms with Gasteiger partial charge in [-0.3, -0.25) is 9.59 Å². The molecule has 1 aliphatic carbocycles. The fourth-order valence-electron chi connectivity index (χ4n) is 3.42. The van der Waals surface area contributed by atoms with Crippen LogP contribution in [-0.4, -0.2) is 21.6 Å². The minimum Gasteiger partial charge on any atom is -0.477 e. The number of carboxylic acids is 1. The lowest BCUT2D eigenvalue weighted by molar-refractivity contribution is 0.0694. The van der Waals surface area contributed by atoms with Crippen LogP contribution in [0, 0.1) is 18.6 Å². The third kappa shape index (κ3) is 3.06. The maximum Gasteiger partial charge on any atom is 0.341 e. The molecule has 1 fully saturated rings. The number of anilines is 1. The zero-order chi connectivity index (χ0) is 20.9. The van der Waals surface area contributed by atoms with Gasteiger partial charge in [-0.1, -0.05) is 18.2 Å². The molecule has 8 heteroatoms. The number of carboxylic acid groups (broad SMARTS) is 1. The first-order valence-corrected chi connectivity index (χ1v) is 8.97. The summed E-state index contributed by atoms with van der Waals surface area (Å²) >= 11 is 0. The normalized spacial score (nSPS) is 13.5. The summed E-state index contributed by atoms with van der Waals surface area (Å²) < 4.78 is 31.0. The Labute approximate surface area is 163 Å². The molecule has 0 bridgehead atoms. The summed E-state index contributed by atoms with van der Waals surface area (Å²) in [6.07, 6.45) is 2.61. The van der Waals surface area contributed by atoms with Crippen LogP contribution in [-0.2, 0) is 0 Å². The minimum absolute atomic E-state index is 0.0877. The number of aryl methyl sites for hydroxylation is 1. The van der Waals surface area contributed by atoms with Crippen LogP contribution in [0.5, 0.6) is 0 Å². The largest absolute Gasteiger partial charge is 0.477 e. The van der Waals surface area contributed by atoms with Crippen molar-refractivity contribution in [2.75, 3.05) is 5.32 Å². The second-order valence-corrected chi connectivity index (χ2v) is 6.99. The third-order valence-electron chi connectivity index (χ3n) is 5.03. The number of nitrogens with zero attached hydrogens (tertiary/aromatic N) is 1. The second kappa shape index (κ2) is 6.80. The van der Waals surface area contributed by atoms with Gasteiger partial charge in [0.05, 0.1) is 16.6 Å². The Morgan fingerprint density at radius 1 is 1.14 bits per heavy atom. The number of nitrogens with one attached hydrogen (secondary N) is 1. The van der Waals surface area contributed by atoms with E-state index < -0.39 is 40.2 Å². The Morgan fingerprint density at radius 2 is 1.79 bits per heavy atom. The van der Waals surface area contributed by atoms with Gasteiger partial charge in [0.15, 0.2) is 11.6 Å². The highest BCUT2D eigenvalue weighted by Crippen LogP contribution is 2.40. The first-order valence-electron chi connectivity index (χ1n) is 8.97. The number of aromatic carboxylic acids is 1. The number of halogens is 2. The summed E-state index contributed by atoms with van der Waals surface area (Å²) in [6, 6.07) is 7.73. The van der Waals surface area contributed by atoms with Crippen molar-refractivity contribution in [1.29, 1.82) is 0 Å². The van der Waals surface area contributed by atoms with Crippen LogP contribution in [0.1, 0.15) is 45.2 Å². The van der Waals surface area contributed by atoms with Crippen molar-refractivity contribution in [2.24, 2.45) is 0 Å². The van der Waals surface area contributed by atoms with Crippen LogP contribution in [0.4, 0.5) is 14.5 Å². The van der Waals surface area contributed by atoms with Crippen LogP contribution in [0.3, 0.4) is 0 Å². The molecule has 1 heterocycles. The fraction of sp³-hybridized carbons (Fsp3) is 0.190. The van der Waals surface area contributed by atoms with Gasteiger partial charge >= 0.3 is 5.97 Å². The molecule has 1 aromatic heterocycles. The number of rotatable bonds is 4. The molecule has 0 unspecified atom stereocenters. The standard InChI is InChI=1S/C21H16F2N2O4/c1-10-15(22)16(23)17(24-20(27)11-5-3-2-4-6-11)14-18(10)25(12-7-8-12)9-13(19(14)26)21(28)29/h2-6,9,12H,7-8H2,1H3,(H,24,27)(H,28,29). The number of aromatic nitrogens is 1. The highest BCUT2D eigenvalue weighted by atomic mass is 19.2. The third-order valence-corrected chi connectivity index (χ3v) is 5.03. The predicted molar refractivity (Wildman–Crippen MR) is 102 cm³/mol. The van der Waals surface area contributed by atoms with E-state index >= 15 is 0 Å². The average Bonchev–Trinajstić information content (AvgIpc) is 3.55. The molecule has 148 valence electrons. The van der Waals surface area contributed by atoms with Gasteiger partial charge < -0.3 is 15.0 Å². The number of pyridine rings is 1. The number of carbonyl (C=O) groups is 2. The van der Waals surface area contributed by atoms with Gasteiger partial charge in [0.1, 0.15) is 5.56 Å². The SMILES string of the molecule is Cc1c(F)c(F)c(NC(=O)c2ccccc2)c2c(=O)c(C(=O)O)cn(C3CC3)c12. The monoisotopic (exact) mass is 398 g/mol. The van der Waals surface area contributed by atoms with Crippen LogP contribution in [0.25, 0.3) is 10.9 Å². The molecule has 0 saturated heterocycles. The van der Waals surface area contributed by atoms with Crippen molar-refractivity contribution in [1.82, 2.24) is 4.57 Å². The van der Waals surface area contributed by atoms with Gasteiger partial charge in [-0.2, -0.15) is 0 Å². The molecule has 2 aromatic carbocycles. The average molecular weight is 398 g/mol. The first kappa shape index (κ1) is 18.8. The molecular weight excluding hydrogens is 382 g/mol. The number of carbonyl (C=O) groups excluding carboxylic acids is 1. The Morgan fingerprint density at radius 3 is 2.38 bits per heavy atom. The summed E-state index contributed by atoms with van der Waals surface area (Å²) in [5.74, 6) is -4.82. The summed E-state index contributed by atoms with van der Waals surface area (Å²) in [6.45, 7) is 1.32. The topological polar surface area (TPSA) is 88.4 Å². The van der Waals surface area contributed by atoms with Crippen molar-refractivity contribution in [3.8, 4) is 0 Å². The van der Waals surface area contributed by atoms with E-state index in [0.717, 1.165) is 19.0 Å². The number of hydrogen-bond acceptors (Lipinski definition) is 3. The van der Waals surface area contributed by atoms with Gasteiger partial charge in [0.25, 0.3) is 5.91 Å². The molecule has 4 rings (SSSR count). The summed E-state index contributed by atoms with van der Waals surface area (Å²) in [5, 5.41) is 11.3. The second-order valence-electron chi connectivity index (χ2n) is 6.99. The van der Waals surface area contributed by atoms with Crippen molar-refractivity contribution in [2.45, 2.75) is 25.8 Å². The molecule has 6 nitrogen and oxygen atoms in total. The highest BCUT2D eigenvalue weighted by Gasteiger charge is 2.31. The van der Waals surface area contributed by atoms with Crippen LogP contribution in [0.2, 0.25) is 0 Å². The summed E-state index contributed by atoms with van der Waals surface area (Å²) in [4.78, 5) is 37.0. The van der Waals surface area contributed by atoms with E-state index in [9.17, 15) is 28.3 Å². The summed E-state index contributed by atoms with van der Waals surface area (Å²) in [7, 11) is 0. The predicted octanol–water partition coefficient (Wildman–Crippen LogP) is 3.87. The zero-order valence-corrected chi connectivity index (χ0v) is 15.3. The maximum atomic E-state index is 14.8. The van der Waals surface area contributed by atoms with E-state index in [-0.39, 0.29) is 28.1 Å². The minimum atomic E-state index is -1.48. The van der Waals surface area contributed by atoms with Crippen LogP contribution in [0.15, 0.2) is 41.3 Å². The van der Waals surface area contributed by atoms with Crippen molar-refractivity contribution < 1.29 is 23.5 Å². The van der Waals surface area contributed by atoms with Crippen molar-refractivity contribution in [3.05, 3.63) is 75.1 Å². The molecule has 0 radical (unpaired) electrons. The Balaban J connectivity index is 2.04. The zero-order valence-electron chi connectivity index (χ0n) is 15.3. The van der Waals surface area contributed by atoms with Gasteiger partial charge in [0.2, 0.25) is 5.43 Å². The molecule has 1 amide bonds. The smallest absolute Gasteiger partial charge is 0.341 e. The van der Waals surface area contributed by atoms with Crippen molar-refractivity contribution in [3.63, 3.8) is 0 Å². The molecule has 29 heavy (non-hydrogen) atoms. The van der Waals surface area contributed by atoms with Crippen molar-refractivity contribution >= 4 is 28.5 Å². The number of fused-ring (bicyclic) bond motifs is 1. The maximum absolute atomic E-state index is 14.8. The number of hydrogen-bond donors (Lipinski definition) is 2. The van der Waals surface area contributed by atoms with Crippen LogP contribution < -0.4 is 10.7 Å². The molecular formula is C21H16F2N2O4. The molecule has 0 aliphatic heterocycles.